The van der Waals surface area contributed by atoms with Crippen LogP contribution in [0.2, 0.25) is 0 Å². The van der Waals surface area contributed by atoms with Crippen molar-refractivity contribution < 1.29 is 5.11 Å². The third-order valence-electron chi connectivity index (χ3n) is 3.90. The maximum absolute atomic E-state index is 9.37. The quantitative estimate of drug-likeness (QED) is 0.757. The molecule has 0 saturated heterocycles. The van der Waals surface area contributed by atoms with E-state index in [1.807, 2.05) is 6.92 Å². The van der Waals surface area contributed by atoms with Gasteiger partial charge in [0.1, 0.15) is 17.5 Å². The number of aliphatic hydroxyl groups is 1. The van der Waals surface area contributed by atoms with Crippen molar-refractivity contribution in [1.82, 2.24) is 9.97 Å². The number of rotatable bonds is 5. The van der Waals surface area contributed by atoms with E-state index in [0.29, 0.717) is 12.0 Å². The average Bonchev–Trinajstić information content (AvgIpc) is 3.16. The minimum absolute atomic E-state index is 0.143. The van der Waals surface area contributed by atoms with Gasteiger partial charge in [-0.15, -0.1) is 0 Å². The number of hydrogen-bond acceptors (Lipinski definition) is 5. The summed E-state index contributed by atoms with van der Waals surface area (Å²) >= 11 is 0. The molecule has 0 spiro atoms. The van der Waals surface area contributed by atoms with Gasteiger partial charge in [-0.3, -0.25) is 0 Å². The summed E-state index contributed by atoms with van der Waals surface area (Å²) in [5, 5.41) is 16.1. The number of aliphatic hydroxyl groups excluding tert-OH is 1. The molecule has 3 rings (SSSR count). The lowest BCUT2D eigenvalue weighted by molar-refractivity contribution is 0.0835. The fourth-order valence-electron chi connectivity index (χ4n) is 2.44. The maximum Gasteiger partial charge on any atom is 0.136 e. The molecule has 5 heteroatoms. The highest BCUT2D eigenvalue weighted by molar-refractivity contribution is 5.58. The van der Waals surface area contributed by atoms with E-state index in [1.54, 1.807) is 0 Å². The van der Waals surface area contributed by atoms with Crippen molar-refractivity contribution in [2.45, 2.75) is 57.6 Å². The first-order valence-corrected chi connectivity index (χ1v) is 7.24. The van der Waals surface area contributed by atoms with Crippen LogP contribution in [-0.2, 0) is 0 Å². The number of hydrogen-bond donors (Lipinski definition) is 3. The Balaban J connectivity index is 1.83. The highest BCUT2D eigenvalue weighted by atomic mass is 16.3. The second-order valence-corrected chi connectivity index (χ2v) is 5.68. The Morgan fingerprint density at radius 2 is 1.89 bits per heavy atom. The third-order valence-corrected chi connectivity index (χ3v) is 3.90. The van der Waals surface area contributed by atoms with Gasteiger partial charge in [-0.1, -0.05) is 0 Å². The molecule has 2 aliphatic carbocycles. The first-order chi connectivity index (χ1) is 9.17. The second-order valence-electron chi connectivity index (χ2n) is 5.68. The Morgan fingerprint density at radius 3 is 2.47 bits per heavy atom. The van der Waals surface area contributed by atoms with Gasteiger partial charge in [0.25, 0.3) is 0 Å². The van der Waals surface area contributed by atoms with Gasteiger partial charge < -0.3 is 15.7 Å². The zero-order chi connectivity index (χ0) is 13.4. The van der Waals surface area contributed by atoms with Crippen LogP contribution in [0, 0.1) is 6.92 Å². The Bertz CT molecular complexity index is 467. The zero-order valence-corrected chi connectivity index (χ0v) is 11.6. The normalized spacial score (nSPS) is 25.8. The molecule has 19 heavy (non-hydrogen) atoms. The first-order valence-electron chi connectivity index (χ1n) is 7.24. The summed E-state index contributed by atoms with van der Waals surface area (Å²) < 4.78 is 0. The van der Waals surface area contributed by atoms with Crippen molar-refractivity contribution in [3.63, 3.8) is 0 Å². The largest absolute Gasteiger partial charge is 0.393 e. The van der Waals surface area contributed by atoms with E-state index in [4.69, 9.17) is 0 Å². The van der Waals surface area contributed by atoms with Crippen molar-refractivity contribution in [2.75, 3.05) is 17.2 Å². The van der Waals surface area contributed by atoms with E-state index in [1.165, 1.54) is 12.8 Å². The van der Waals surface area contributed by atoms with Gasteiger partial charge in [-0.05, 0) is 39.5 Å². The van der Waals surface area contributed by atoms with E-state index in [9.17, 15) is 5.11 Å². The Kier molecular flexibility index (Phi) is 3.31. The highest BCUT2D eigenvalue weighted by Crippen LogP contribution is 2.40. The van der Waals surface area contributed by atoms with Crippen LogP contribution in [0.15, 0.2) is 0 Å². The van der Waals surface area contributed by atoms with Crippen molar-refractivity contribution in [3.8, 4) is 0 Å². The van der Waals surface area contributed by atoms with Gasteiger partial charge in [0.2, 0.25) is 0 Å². The molecule has 5 nitrogen and oxygen atoms in total. The fourth-order valence-corrected chi connectivity index (χ4v) is 2.44. The number of nitrogens with zero attached hydrogens (tertiary/aromatic N) is 2. The van der Waals surface area contributed by atoms with Crippen LogP contribution >= 0.6 is 0 Å². The van der Waals surface area contributed by atoms with Crippen molar-refractivity contribution >= 4 is 11.6 Å². The van der Waals surface area contributed by atoms with Crippen LogP contribution < -0.4 is 10.6 Å². The van der Waals surface area contributed by atoms with E-state index in [-0.39, 0.29) is 6.10 Å². The van der Waals surface area contributed by atoms with Gasteiger partial charge in [0.05, 0.1) is 6.10 Å². The molecule has 104 valence electrons. The van der Waals surface area contributed by atoms with E-state index in [0.717, 1.165) is 42.4 Å². The van der Waals surface area contributed by atoms with Gasteiger partial charge >= 0.3 is 0 Å². The Labute approximate surface area is 113 Å². The van der Waals surface area contributed by atoms with E-state index < -0.39 is 0 Å². The van der Waals surface area contributed by atoms with Gasteiger partial charge in [0, 0.05) is 24.1 Å². The topological polar surface area (TPSA) is 70.1 Å². The summed E-state index contributed by atoms with van der Waals surface area (Å²) in [6.45, 7) is 4.99. The molecule has 0 atom stereocenters. The molecule has 0 amide bonds. The van der Waals surface area contributed by atoms with Gasteiger partial charge in [-0.2, -0.15) is 0 Å². The van der Waals surface area contributed by atoms with Gasteiger partial charge in [-0.25, -0.2) is 9.97 Å². The number of aromatic nitrogens is 2. The standard InChI is InChI=1S/C14H22N4O/c1-3-15-12-8(2)13(16-10-6-11(19)7-10)18-14(17-12)9-4-5-9/h9-11,19H,3-7H2,1-2H3,(H2,15,16,17,18). The molecule has 1 aromatic heterocycles. The lowest BCUT2D eigenvalue weighted by Crippen LogP contribution is -2.39. The summed E-state index contributed by atoms with van der Waals surface area (Å²) in [7, 11) is 0. The molecule has 0 aliphatic heterocycles. The molecular weight excluding hydrogens is 240 g/mol. The summed E-state index contributed by atoms with van der Waals surface area (Å²) in [5.74, 6) is 3.39. The first kappa shape index (κ1) is 12.7. The predicted molar refractivity (Wildman–Crippen MR) is 75.6 cm³/mol. The molecule has 0 radical (unpaired) electrons. The zero-order valence-electron chi connectivity index (χ0n) is 11.6. The molecule has 0 aromatic carbocycles. The van der Waals surface area contributed by atoms with Gasteiger partial charge in [0.15, 0.2) is 0 Å². The van der Waals surface area contributed by atoms with Crippen LogP contribution in [0.1, 0.15) is 49.9 Å². The van der Waals surface area contributed by atoms with Crippen molar-refractivity contribution in [3.05, 3.63) is 11.4 Å². The fraction of sp³-hybridized carbons (Fsp3) is 0.714. The summed E-state index contributed by atoms with van der Waals surface area (Å²) in [6.07, 6.45) is 3.90. The molecule has 0 unspecified atom stereocenters. The summed E-state index contributed by atoms with van der Waals surface area (Å²) in [4.78, 5) is 9.32. The van der Waals surface area contributed by atoms with Crippen LogP contribution in [0.4, 0.5) is 11.6 Å². The Morgan fingerprint density at radius 1 is 1.21 bits per heavy atom. The lowest BCUT2D eigenvalue weighted by Gasteiger charge is -2.33. The molecule has 2 fully saturated rings. The predicted octanol–water partition coefficient (Wildman–Crippen LogP) is 2.03. The highest BCUT2D eigenvalue weighted by Gasteiger charge is 2.30. The SMILES string of the molecule is CCNc1nc(C2CC2)nc(NC2CC(O)C2)c1C. The van der Waals surface area contributed by atoms with Crippen molar-refractivity contribution in [2.24, 2.45) is 0 Å². The lowest BCUT2D eigenvalue weighted by atomic mass is 9.89. The van der Waals surface area contributed by atoms with E-state index >= 15 is 0 Å². The Hall–Kier alpha value is -1.36. The molecule has 1 heterocycles. The average molecular weight is 262 g/mol. The second kappa shape index (κ2) is 4.96. The van der Waals surface area contributed by atoms with Crippen LogP contribution in [-0.4, -0.2) is 33.8 Å². The van der Waals surface area contributed by atoms with Crippen molar-refractivity contribution in [1.29, 1.82) is 0 Å². The molecular formula is C14H22N4O. The molecule has 1 aromatic rings. The smallest absolute Gasteiger partial charge is 0.136 e. The minimum atomic E-state index is -0.143. The van der Waals surface area contributed by atoms with Crippen LogP contribution in [0.3, 0.4) is 0 Å². The summed E-state index contributed by atoms with van der Waals surface area (Å²) in [6, 6.07) is 0.352. The summed E-state index contributed by atoms with van der Waals surface area (Å²) in [5.41, 5.74) is 1.08. The minimum Gasteiger partial charge on any atom is -0.393 e. The monoisotopic (exact) mass is 262 g/mol. The third kappa shape index (κ3) is 2.66. The molecule has 3 N–H and O–H groups in total. The molecule has 2 aliphatic rings. The van der Waals surface area contributed by atoms with E-state index in [2.05, 4.69) is 27.5 Å². The molecule has 0 bridgehead atoms. The maximum atomic E-state index is 9.37. The van der Waals surface area contributed by atoms with Crippen LogP contribution in [0.5, 0.6) is 0 Å². The number of nitrogens with one attached hydrogen (secondary N) is 2. The molecule has 2 saturated carbocycles. The van der Waals surface area contributed by atoms with Crippen LogP contribution in [0.25, 0.3) is 0 Å². The number of anilines is 2.